The van der Waals surface area contributed by atoms with Crippen molar-refractivity contribution in [1.29, 1.82) is 0 Å². The molecule has 1 amide bonds. The van der Waals surface area contributed by atoms with Crippen molar-refractivity contribution in [2.75, 3.05) is 28.4 Å². The highest BCUT2D eigenvalue weighted by Gasteiger charge is 2.15. The van der Waals surface area contributed by atoms with E-state index in [1.54, 1.807) is 18.2 Å². The molecule has 27 heavy (non-hydrogen) atoms. The standard InChI is InChI=1S/C18H21F2N3O4/c1-22(11-15-21-7-8-23(15)18(19)20)16(24)6-5-12-9-13(25-2)17(27-4)14(10-12)26-3/h5-10,18H,11H2,1-4H3/b6-5+. The first-order chi connectivity index (χ1) is 12.9. The largest absolute Gasteiger partial charge is 0.493 e. The molecule has 1 aromatic carbocycles. The molecule has 0 fully saturated rings. The van der Waals surface area contributed by atoms with E-state index in [9.17, 15) is 13.6 Å². The van der Waals surface area contributed by atoms with Crippen molar-refractivity contribution in [1.82, 2.24) is 14.5 Å². The monoisotopic (exact) mass is 381 g/mol. The molecule has 0 spiro atoms. The molecule has 0 saturated heterocycles. The molecule has 7 nitrogen and oxygen atoms in total. The van der Waals surface area contributed by atoms with Crippen LogP contribution in [0.5, 0.6) is 17.2 Å². The van der Waals surface area contributed by atoms with Crippen LogP contribution in [0.15, 0.2) is 30.6 Å². The predicted octanol–water partition coefficient (Wildman–Crippen LogP) is 2.98. The molecule has 2 aromatic rings. The smallest absolute Gasteiger partial charge is 0.319 e. The van der Waals surface area contributed by atoms with Crippen LogP contribution in [-0.4, -0.2) is 48.7 Å². The first-order valence-electron chi connectivity index (χ1n) is 7.94. The fraction of sp³-hybridized carbons (Fsp3) is 0.333. The van der Waals surface area contributed by atoms with Crippen LogP contribution in [0.25, 0.3) is 6.08 Å². The molecular weight excluding hydrogens is 360 g/mol. The molecule has 2 rings (SSSR count). The third-order valence-corrected chi connectivity index (χ3v) is 3.82. The average molecular weight is 381 g/mol. The zero-order valence-electron chi connectivity index (χ0n) is 15.5. The van der Waals surface area contributed by atoms with Gasteiger partial charge in [-0.3, -0.25) is 9.36 Å². The number of nitrogens with zero attached hydrogens (tertiary/aromatic N) is 3. The maximum Gasteiger partial charge on any atom is 0.319 e. The van der Waals surface area contributed by atoms with Gasteiger partial charge in [0.15, 0.2) is 11.5 Å². The number of halogens is 2. The molecule has 0 aliphatic rings. The minimum absolute atomic E-state index is 0.0459. The highest BCUT2D eigenvalue weighted by Crippen LogP contribution is 2.38. The molecule has 0 atom stereocenters. The second kappa shape index (κ2) is 9.02. The normalized spacial score (nSPS) is 11.1. The number of alkyl halides is 2. The Balaban J connectivity index is 2.14. The summed E-state index contributed by atoms with van der Waals surface area (Å²) >= 11 is 0. The van der Waals surface area contributed by atoms with Gasteiger partial charge in [-0.15, -0.1) is 0 Å². The molecule has 0 unspecified atom stereocenters. The van der Waals surface area contributed by atoms with Crippen LogP contribution < -0.4 is 14.2 Å². The minimum atomic E-state index is -2.71. The summed E-state index contributed by atoms with van der Waals surface area (Å²) in [5.74, 6) is 1.08. The second-order valence-electron chi connectivity index (χ2n) is 5.51. The lowest BCUT2D eigenvalue weighted by Gasteiger charge is -2.16. The lowest BCUT2D eigenvalue weighted by Crippen LogP contribution is -2.26. The van der Waals surface area contributed by atoms with Gasteiger partial charge in [-0.1, -0.05) is 0 Å². The molecule has 146 valence electrons. The number of benzene rings is 1. The number of carbonyl (C=O) groups is 1. The maximum absolute atomic E-state index is 12.9. The summed E-state index contributed by atoms with van der Waals surface area (Å²) in [6.45, 7) is -2.75. The first-order valence-corrected chi connectivity index (χ1v) is 7.94. The van der Waals surface area contributed by atoms with Gasteiger partial charge in [-0.25, -0.2) is 4.98 Å². The lowest BCUT2D eigenvalue weighted by atomic mass is 10.1. The van der Waals surface area contributed by atoms with Crippen LogP contribution >= 0.6 is 0 Å². The summed E-state index contributed by atoms with van der Waals surface area (Å²) < 4.78 is 42.2. The van der Waals surface area contributed by atoms with E-state index in [1.807, 2.05) is 0 Å². The number of rotatable bonds is 8. The Bertz CT molecular complexity index is 796. The van der Waals surface area contributed by atoms with Crippen LogP contribution in [-0.2, 0) is 11.3 Å². The van der Waals surface area contributed by atoms with Crippen molar-refractivity contribution in [3.05, 3.63) is 42.0 Å². The highest BCUT2D eigenvalue weighted by atomic mass is 19.3. The molecule has 0 aliphatic carbocycles. The Morgan fingerprint density at radius 3 is 2.37 bits per heavy atom. The molecule has 0 radical (unpaired) electrons. The van der Waals surface area contributed by atoms with Crippen molar-refractivity contribution in [2.45, 2.75) is 13.1 Å². The van der Waals surface area contributed by atoms with Gasteiger partial charge in [-0.05, 0) is 23.8 Å². The van der Waals surface area contributed by atoms with E-state index in [0.717, 1.165) is 0 Å². The fourth-order valence-electron chi connectivity index (χ4n) is 2.43. The summed E-state index contributed by atoms with van der Waals surface area (Å²) in [4.78, 5) is 17.4. The number of carbonyl (C=O) groups excluding carboxylic acids is 1. The van der Waals surface area contributed by atoms with Crippen LogP contribution in [0.1, 0.15) is 17.9 Å². The van der Waals surface area contributed by atoms with Gasteiger partial charge in [0.25, 0.3) is 0 Å². The van der Waals surface area contributed by atoms with E-state index in [0.29, 0.717) is 27.4 Å². The van der Waals surface area contributed by atoms with Gasteiger partial charge in [0.05, 0.1) is 27.9 Å². The number of hydrogen-bond acceptors (Lipinski definition) is 5. The summed E-state index contributed by atoms with van der Waals surface area (Å²) in [7, 11) is 5.99. The van der Waals surface area contributed by atoms with E-state index in [1.165, 1.54) is 51.7 Å². The van der Waals surface area contributed by atoms with Gasteiger partial charge >= 0.3 is 6.55 Å². The number of hydrogen-bond donors (Lipinski definition) is 0. The number of imidazole rings is 1. The Morgan fingerprint density at radius 1 is 1.22 bits per heavy atom. The summed E-state index contributed by atoms with van der Waals surface area (Å²) in [6, 6.07) is 3.38. The number of aromatic nitrogens is 2. The molecule has 0 N–H and O–H groups in total. The van der Waals surface area contributed by atoms with Crippen molar-refractivity contribution >= 4 is 12.0 Å². The van der Waals surface area contributed by atoms with E-state index in [4.69, 9.17) is 14.2 Å². The second-order valence-corrected chi connectivity index (χ2v) is 5.51. The van der Waals surface area contributed by atoms with Crippen LogP contribution in [0, 0.1) is 0 Å². The minimum Gasteiger partial charge on any atom is -0.493 e. The van der Waals surface area contributed by atoms with Crippen molar-refractivity contribution < 1.29 is 27.8 Å². The fourth-order valence-corrected chi connectivity index (χ4v) is 2.43. The molecule has 9 heteroatoms. The molecule has 0 saturated carbocycles. The third kappa shape index (κ3) is 4.75. The van der Waals surface area contributed by atoms with Gasteiger partial charge < -0.3 is 19.1 Å². The zero-order chi connectivity index (χ0) is 20.0. The third-order valence-electron chi connectivity index (χ3n) is 3.82. The van der Waals surface area contributed by atoms with Crippen molar-refractivity contribution in [3.63, 3.8) is 0 Å². The van der Waals surface area contributed by atoms with Gasteiger partial charge in [0.2, 0.25) is 11.7 Å². The Labute approximate surface area is 155 Å². The number of ether oxygens (including phenoxy) is 3. The highest BCUT2D eigenvalue weighted by molar-refractivity contribution is 5.91. The number of likely N-dealkylation sites (N-methyl/N-ethyl adjacent to an activating group) is 1. The van der Waals surface area contributed by atoms with E-state index >= 15 is 0 Å². The van der Waals surface area contributed by atoms with Gasteiger partial charge in [0, 0.05) is 25.5 Å². The SMILES string of the molecule is COc1cc(/C=C/C(=O)N(C)Cc2nccn2C(F)F)cc(OC)c1OC. The maximum atomic E-state index is 12.9. The van der Waals surface area contributed by atoms with Crippen LogP contribution in [0.4, 0.5) is 8.78 Å². The number of methoxy groups -OCH3 is 3. The summed E-state index contributed by atoms with van der Waals surface area (Å²) in [5, 5.41) is 0. The Kier molecular flexibility index (Phi) is 6.75. The van der Waals surface area contributed by atoms with Crippen LogP contribution in [0.3, 0.4) is 0 Å². The molecular formula is C18H21F2N3O4. The summed E-state index contributed by atoms with van der Waals surface area (Å²) in [5.41, 5.74) is 0.653. The quantitative estimate of drug-likeness (QED) is 0.658. The van der Waals surface area contributed by atoms with E-state index in [-0.39, 0.29) is 18.3 Å². The number of amides is 1. The van der Waals surface area contributed by atoms with Crippen LogP contribution in [0.2, 0.25) is 0 Å². The topological polar surface area (TPSA) is 65.8 Å². The van der Waals surface area contributed by atoms with Crippen molar-refractivity contribution in [3.8, 4) is 17.2 Å². The molecule has 0 bridgehead atoms. The zero-order valence-corrected chi connectivity index (χ0v) is 15.5. The first kappa shape index (κ1) is 20.2. The predicted molar refractivity (Wildman–Crippen MR) is 95.1 cm³/mol. The van der Waals surface area contributed by atoms with E-state index < -0.39 is 6.55 Å². The van der Waals surface area contributed by atoms with Gasteiger partial charge in [-0.2, -0.15) is 8.78 Å². The summed E-state index contributed by atoms with van der Waals surface area (Å²) in [6.07, 6.45) is 5.34. The molecule has 1 heterocycles. The molecule has 1 aromatic heterocycles. The van der Waals surface area contributed by atoms with Gasteiger partial charge in [0.1, 0.15) is 5.82 Å². The van der Waals surface area contributed by atoms with E-state index in [2.05, 4.69) is 4.98 Å². The molecule has 0 aliphatic heterocycles. The lowest BCUT2D eigenvalue weighted by molar-refractivity contribution is -0.125. The Morgan fingerprint density at radius 2 is 1.85 bits per heavy atom. The average Bonchev–Trinajstić information content (AvgIpc) is 3.13. The van der Waals surface area contributed by atoms with Crippen molar-refractivity contribution in [2.24, 2.45) is 0 Å². The Hall–Kier alpha value is -3.10.